The summed E-state index contributed by atoms with van der Waals surface area (Å²) in [5.41, 5.74) is 4.41. The van der Waals surface area contributed by atoms with Crippen molar-refractivity contribution in [1.82, 2.24) is 4.90 Å². The summed E-state index contributed by atoms with van der Waals surface area (Å²) in [7, 11) is 2.19. The van der Waals surface area contributed by atoms with Gasteiger partial charge in [-0.3, -0.25) is 0 Å². The minimum absolute atomic E-state index is 0.781. The van der Waals surface area contributed by atoms with Gasteiger partial charge in [0.2, 0.25) is 0 Å². The minimum atomic E-state index is 0.781. The third-order valence-corrected chi connectivity index (χ3v) is 4.66. The van der Waals surface area contributed by atoms with Crippen LogP contribution in [0.1, 0.15) is 36.0 Å². The smallest absolute Gasteiger partial charge is 0.0441 e. The average molecular weight is 300 g/mol. The molecule has 0 aliphatic carbocycles. The minimum Gasteiger partial charge on any atom is -0.306 e. The van der Waals surface area contributed by atoms with E-state index in [-0.39, 0.29) is 0 Å². The lowest BCUT2D eigenvalue weighted by molar-refractivity contribution is 0.352. The number of alkyl halides is 1. The van der Waals surface area contributed by atoms with Crippen LogP contribution in [-0.2, 0) is 19.3 Å². The van der Waals surface area contributed by atoms with Gasteiger partial charge in [-0.05, 0) is 61.9 Å². The first-order chi connectivity index (χ1) is 9.22. The molecule has 0 radical (unpaired) electrons. The van der Waals surface area contributed by atoms with E-state index in [9.17, 15) is 0 Å². The zero-order valence-electron chi connectivity index (χ0n) is 11.7. The Kier molecular flexibility index (Phi) is 6.00. The van der Waals surface area contributed by atoms with Gasteiger partial charge in [-0.1, -0.05) is 24.1 Å². The lowest BCUT2D eigenvalue weighted by Gasteiger charge is -2.14. The van der Waals surface area contributed by atoms with E-state index in [1.807, 2.05) is 0 Å². The second kappa shape index (κ2) is 7.52. The number of fused-ring (bicyclic) bond motifs is 1. The summed E-state index contributed by atoms with van der Waals surface area (Å²) in [6, 6.07) is 4.32. The molecule has 1 aliphatic heterocycles. The van der Waals surface area contributed by atoms with Crippen LogP contribution in [0.15, 0.2) is 12.1 Å². The highest BCUT2D eigenvalue weighted by atomic mass is 35.5. The fourth-order valence-corrected chi connectivity index (χ4v) is 3.29. The molecule has 19 heavy (non-hydrogen) atoms. The molecule has 0 atom stereocenters. The second-order valence-electron chi connectivity index (χ2n) is 5.47. The highest BCUT2D eigenvalue weighted by Crippen LogP contribution is 2.28. The maximum absolute atomic E-state index is 6.38. The molecule has 0 unspecified atom stereocenters. The molecule has 0 saturated heterocycles. The molecular formula is C16H23Cl2N. The lowest BCUT2D eigenvalue weighted by atomic mass is 9.94. The van der Waals surface area contributed by atoms with E-state index >= 15 is 0 Å². The predicted molar refractivity (Wildman–Crippen MR) is 84.6 cm³/mol. The predicted octanol–water partition coefficient (Wildman–Crippen LogP) is 4.32. The van der Waals surface area contributed by atoms with Crippen LogP contribution in [0.2, 0.25) is 5.02 Å². The van der Waals surface area contributed by atoms with Crippen molar-refractivity contribution < 1.29 is 0 Å². The van der Waals surface area contributed by atoms with Crippen LogP contribution in [0.4, 0.5) is 0 Å². The number of nitrogens with zero attached hydrogens (tertiary/aromatic N) is 1. The fourth-order valence-electron chi connectivity index (χ4n) is 2.83. The number of aryl methyl sites for hydroxylation is 1. The van der Waals surface area contributed by atoms with E-state index in [4.69, 9.17) is 23.2 Å². The number of benzene rings is 1. The summed E-state index contributed by atoms with van der Waals surface area (Å²) >= 11 is 12.1. The fraction of sp³-hybridized carbons (Fsp3) is 0.625. The van der Waals surface area contributed by atoms with Crippen molar-refractivity contribution in [3.05, 3.63) is 33.8 Å². The first kappa shape index (κ1) is 15.2. The number of unbranched alkanes of at least 4 members (excludes halogenated alkanes) is 2. The largest absolute Gasteiger partial charge is 0.306 e. The average Bonchev–Trinajstić information content (AvgIpc) is 2.60. The van der Waals surface area contributed by atoms with Gasteiger partial charge in [-0.15, -0.1) is 11.6 Å². The highest BCUT2D eigenvalue weighted by molar-refractivity contribution is 6.31. The van der Waals surface area contributed by atoms with Crippen molar-refractivity contribution >= 4 is 23.2 Å². The van der Waals surface area contributed by atoms with Crippen LogP contribution < -0.4 is 0 Å². The van der Waals surface area contributed by atoms with E-state index in [0.29, 0.717) is 0 Å². The SMILES string of the molecule is CN1CCc2c(Cl)ccc(CCCCCCl)c2CC1. The monoisotopic (exact) mass is 299 g/mol. The molecule has 0 fully saturated rings. The molecule has 1 aromatic carbocycles. The van der Waals surface area contributed by atoms with Gasteiger partial charge in [-0.25, -0.2) is 0 Å². The third-order valence-electron chi connectivity index (χ3n) is 4.04. The summed E-state index contributed by atoms with van der Waals surface area (Å²) in [4.78, 5) is 2.40. The van der Waals surface area contributed by atoms with Crippen LogP contribution in [-0.4, -0.2) is 30.9 Å². The maximum Gasteiger partial charge on any atom is 0.0441 e. The van der Waals surface area contributed by atoms with E-state index < -0.39 is 0 Å². The number of likely N-dealkylation sites (N-methyl/N-ethyl adjacent to an activating group) is 1. The normalized spacial score (nSPS) is 16.2. The van der Waals surface area contributed by atoms with Crippen LogP contribution in [0, 0.1) is 0 Å². The molecule has 1 heterocycles. The standard InChI is InChI=1S/C16H23Cl2N/c1-19-11-8-14-13(5-3-2-4-10-17)6-7-16(18)15(14)9-12-19/h6-7H,2-5,8-12H2,1H3. The van der Waals surface area contributed by atoms with E-state index in [2.05, 4.69) is 24.1 Å². The lowest BCUT2D eigenvalue weighted by Crippen LogP contribution is -2.20. The van der Waals surface area contributed by atoms with Crippen LogP contribution in [0.3, 0.4) is 0 Å². The molecule has 0 spiro atoms. The van der Waals surface area contributed by atoms with E-state index in [1.54, 1.807) is 0 Å². The molecular weight excluding hydrogens is 277 g/mol. The molecule has 1 aliphatic rings. The summed E-state index contributed by atoms with van der Waals surface area (Å²) in [5, 5.41) is 0.954. The van der Waals surface area contributed by atoms with Crippen molar-refractivity contribution in [2.75, 3.05) is 26.0 Å². The summed E-state index contributed by atoms with van der Waals surface area (Å²) < 4.78 is 0. The van der Waals surface area contributed by atoms with Crippen LogP contribution >= 0.6 is 23.2 Å². The molecule has 0 aromatic heterocycles. The summed E-state index contributed by atoms with van der Waals surface area (Å²) in [6.45, 7) is 2.25. The van der Waals surface area contributed by atoms with E-state index in [0.717, 1.165) is 43.3 Å². The van der Waals surface area contributed by atoms with E-state index in [1.165, 1.54) is 36.0 Å². The Morgan fingerprint density at radius 2 is 1.79 bits per heavy atom. The first-order valence-corrected chi connectivity index (χ1v) is 8.17. The molecule has 2 rings (SSSR count). The molecule has 1 nitrogen and oxygen atoms in total. The van der Waals surface area contributed by atoms with Crippen molar-refractivity contribution in [3.63, 3.8) is 0 Å². The van der Waals surface area contributed by atoms with Gasteiger partial charge in [0.15, 0.2) is 0 Å². The molecule has 0 saturated carbocycles. The Morgan fingerprint density at radius 3 is 2.53 bits per heavy atom. The van der Waals surface area contributed by atoms with Gasteiger partial charge in [0, 0.05) is 24.0 Å². The Labute approximate surface area is 126 Å². The summed E-state index contributed by atoms with van der Waals surface area (Å²) in [6.07, 6.45) is 6.97. The van der Waals surface area contributed by atoms with Crippen molar-refractivity contribution in [1.29, 1.82) is 0 Å². The zero-order chi connectivity index (χ0) is 13.7. The van der Waals surface area contributed by atoms with Gasteiger partial charge >= 0.3 is 0 Å². The Hall–Kier alpha value is -0.240. The topological polar surface area (TPSA) is 3.24 Å². The molecule has 106 valence electrons. The molecule has 0 amide bonds. The number of halogens is 2. The Morgan fingerprint density at radius 1 is 1.05 bits per heavy atom. The second-order valence-corrected chi connectivity index (χ2v) is 6.25. The first-order valence-electron chi connectivity index (χ1n) is 7.26. The van der Waals surface area contributed by atoms with Crippen molar-refractivity contribution in [3.8, 4) is 0 Å². The maximum atomic E-state index is 6.38. The van der Waals surface area contributed by atoms with Gasteiger partial charge in [0.05, 0.1) is 0 Å². The Bertz CT molecular complexity index is 417. The van der Waals surface area contributed by atoms with Crippen LogP contribution in [0.25, 0.3) is 0 Å². The number of hydrogen-bond donors (Lipinski definition) is 0. The van der Waals surface area contributed by atoms with Gasteiger partial charge in [-0.2, -0.15) is 0 Å². The Balaban J connectivity index is 2.12. The molecule has 0 N–H and O–H groups in total. The highest BCUT2D eigenvalue weighted by Gasteiger charge is 2.16. The zero-order valence-corrected chi connectivity index (χ0v) is 13.2. The van der Waals surface area contributed by atoms with Gasteiger partial charge in [0.1, 0.15) is 0 Å². The van der Waals surface area contributed by atoms with Crippen LogP contribution in [0.5, 0.6) is 0 Å². The number of rotatable bonds is 5. The quantitative estimate of drug-likeness (QED) is 0.578. The van der Waals surface area contributed by atoms with Crippen molar-refractivity contribution in [2.45, 2.75) is 38.5 Å². The molecule has 3 heteroatoms. The van der Waals surface area contributed by atoms with Gasteiger partial charge < -0.3 is 4.90 Å². The van der Waals surface area contributed by atoms with Gasteiger partial charge in [0.25, 0.3) is 0 Å². The molecule has 0 bridgehead atoms. The number of hydrogen-bond acceptors (Lipinski definition) is 1. The molecule has 1 aromatic rings. The third kappa shape index (κ3) is 4.11. The summed E-state index contributed by atoms with van der Waals surface area (Å²) in [5.74, 6) is 0.781. The van der Waals surface area contributed by atoms with Crippen molar-refractivity contribution in [2.24, 2.45) is 0 Å².